The zero-order valence-electron chi connectivity index (χ0n) is 10.4. The molecule has 0 radical (unpaired) electrons. The molecule has 1 fully saturated rings. The Labute approximate surface area is 122 Å². The van der Waals surface area contributed by atoms with Gasteiger partial charge in [0.1, 0.15) is 5.75 Å². The van der Waals surface area contributed by atoms with Crippen LogP contribution in [0.15, 0.2) is 18.2 Å². The number of amides is 1. The van der Waals surface area contributed by atoms with Gasteiger partial charge in [-0.25, -0.2) is 0 Å². The van der Waals surface area contributed by atoms with Crippen LogP contribution in [0.25, 0.3) is 0 Å². The van der Waals surface area contributed by atoms with Crippen molar-refractivity contribution in [1.82, 2.24) is 5.32 Å². The maximum absolute atomic E-state index is 11.7. The van der Waals surface area contributed by atoms with Gasteiger partial charge >= 0.3 is 0 Å². The highest BCUT2D eigenvalue weighted by Gasteiger charge is 2.31. The molecule has 1 atom stereocenters. The first-order valence-electron chi connectivity index (χ1n) is 6.17. The van der Waals surface area contributed by atoms with E-state index in [4.69, 9.17) is 33.7 Å². The number of carbonyl (C=O) groups is 1. The van der Waals surface area contributed by atoms with E-state index in [0.29, 0.717) is 28.3 Å². The number of nitrogens with one attached hydrogen (secondary N) is 1. The van der Waals surface area contributed by atoms with Crippen LogP contribution in [-0.4, -0.2) is 25.1 Å². The van der Waals surface area contributed by atoms with Gasteiger partial charge in [-0.05, 0) is 30.9 Å². The topological polar surface area (TPSA) is 64.3 Å². The lowest BCUT2D eigenvalue weighted by Crippen LogP contribution is -2.43. The summed E-state index contributed by atoms with van der Waals surface area (Å²) < 4.78 is 5.36. The van der Waals surface area contributed by atoms with E-state index in [2.05, 4.69) is 5.32 Å². The van der Waals surface area contributed by atoms with Gasteiger partial charge in [-0.1, -0.05) is 23.2 Å². The minimum Gasteiger partial charge on any atom is -0.482 e. The Balaban J connectivity index is 1.84. The molecule has 19 heavy (non-hydrogen) atoms. The van der Waals surface area contributed by atoms with E-state index in [1.54, 1.807) is 18.2 Å². The first-order chi connectivity index (χ1) is 9.10. The largest absolute Gasteiger partial charge is 0.482 e. The SMILES string of the molecule is NCC(NC(=O)COc1cc(Cl)ccc1Cl)C1CC1. The van der Waals surface area contributed by atoms with Gasteiger partial charge < -0.3 is 15.8 Å². The molecular formula is C13H16Cl2N2O2. The number of rotatable bonds is 6. The van der Waals surface area contributed by atoms with Crippen molar-refractivity contribution in [3.05, 3.63) is 28.2 Å². The summed E-state index contributed by atoms with van der Waals surface area (Å²) in [5.41, 5.74) is 5.62. The fourth-order valence-corrected chi connectivity index (χ4v) is 2.18. The van der Waals surface area contributed by atoms with Gasteiger partial charge in [0.05, 0.1) is 5.02 Å². The predicted molar refractivity (Wildman–Crippen MR) is 75.7 cm³/mol. The standard InChI is InChI=1S/C13H16Cl2N2O2/c14-9-3-4-10(15)12(5-9)19-7-13(18)17-11(6-16)8-1-2-8/h3-5,8,11H,1-2,6-7,16H2,(H,17,18). The average Bonchev–Trinajstić information content (AvgIpc) is 3.21. The highest BCUT2D eigenvalue weighted by atomic mass is 35.5. The molecule has 3 N–H and O–H groups in total. The van der Waals surface area contributed by atoms with Crippen LogP contribution < -0.4 is 15.8 Å². The third kappa shape index (κ3) is 4.27. The summed E-state index contributed by atoms with van der Waals surface area (Å²) in [5, 5.41) is 3.81. The van der Waals surface area contributed by atoms with E-state index in [1.165, 1.54) is 0 Å². The van der Waals surface area contributed by atoms with Crippen molar-refractivity contribution in [2.45, 2.75) is 18.9 Å². The number of carbonyl (C=O) groups excluding carboxylic acids is 1. The molecule has 1 aromatic rings. The van der Waals surface area contributed by atoms with E-state index in [9.17, 15) is 4.79 Å². The van der Waals surface area contributed by atoms with Crippen LogP contribution in [0.5, 0.6) is 5.75 Å². The Kier molecular flexibility index (Phi) is 4.91. The molecule has 1 aliphatic rings. The van der Waals surface area contributed by atoms with Crippen molar-refractivity contribution in [2.24, 2.45) is 11.7 Å². The van der Waals surface area contributed by atoms with Gasteiger partial charge in [0.15, 0.2) is 6.61 Å². The molecule has 6 heteroatoms. The van der Waals surface area contributed by atoms with Gasteiger partial charge in [-0.15, -0.1) is 0 Å². The summed E-state index contributed by atoms with van der Waals surface area (Å²) in [5.74, 6) is 0.724. The van der Waals surface area contributed by atoms with E-state index in [1.807, 2.05) is 0 Å². The smallest absolute Gasteiger partial charge is 0.258 e. The van der Waals surface area contributed by atoms with E-state index in [0.717, 1.165) is 12.8 Å². The maximum atomic E-state index is 11.7. The fourth-order valence-electron chi connectivity index (χ4n) is 1.85. The first kappa shape index (κ1) is 14.4. The number of nitrogens with two attached hydrogens (primary N) is 1. The van der Waals surface area contributed by atoms with Gasteiger partial charge in [-0.2, -0.15) is 0 Å². The second-order valence-corrected chi connectivity index (χ2v) is 5.45. The minimum absolute atomic E-state index is 0.0472. The number of hydrogen-bond donors (Lipinski definition) is 2. The third-order valence-corrected chi connectivity index (χ3v) is 3.59. The molecule has 0 aliphatic heterocycles. The number of benzene rings is 1. The molecule has 1 aliphatic carbocycles. The molecule has 1 saturated carbocycles. The molecule has 0 saturated heterocycles. The summed E-state index contributed by atoms with van der Waals surface area (Å²) in [6, 6.07) is 4.92. The summed E-state index contributed by atoms with van der Waals surface area (Å²) in [7, 11) is 0. The molecule has 1 aromatic carbocycles. The third-order valence-electron chi connectivity index (χ3n) is 3.04. The monoisotopic (exact) mass is 302 g/mol. The molecule has 2 rings (SSSR count). The summed E-state index contributed by atoms with van der Waals surface area (Å²) in [6.45, 7) is 0.359. The number of halogens is 2. The first-order valence-corrected chi connectivity index (χ1v) is 6.93. The van der Waals surface area contributed by atoms with Gasteiger partial charge in [0, 0.05) is 23.7 Å². The molecule has 0 heterocycles. The highest BCUT2D eigenvalue weighted by molar-refractivity contribution is 6.34. The Morgan fingerprint density at radius 2 is 2.21 bits per heavy atom. The zero-order valence-corrected chi connectivity index (χ0v) is 11.9. The van der Waals surface area contributed by atoms with E-state index in [-0.39, 0.29) is 18.6 Å². The van der Waals surface area contributed by atoms with Crippen LogP contribution in [-0.2, 0) is 4.79 Å². The van der Waals surface area contributed by atoms with Crippen LogP contribution >= 0.6 is 23.2 Å². The molecule has 0 bridgehead atoms. The van der Waals surface area contributed by atoms with Gasteiger partial charge in [0.2, 0.25) is 0 Å². The molecule has 1 unspecified atom stereocenters. The van der Waals surface area contributed by atoms with Crippen molar-refractivity contribution < 1.29 is 9.53 Å². The van der Waals surface area contributed by atoms with Crippen LogP contribution in [0.4, 0.5) is 0 Å². The second kappa shape index (κ2) is 6.46. The predicted octanol–water partition coefficient (Wildman–Crippen LogP) is 2.23. The van der Waals surface area contributed by atoms with E-state index < -0.39 is 0 Å². The lowest BCUT2D eigenvalue weighted by molar-refractivity contribution is -0.123. The number of ether oxygens (including phenoxy) is 1. The molecule has 0 aromatic heterocycles. The fraction of sp³-hybridized carbons (Fsp3) is 0.462. The van der Waals surface area contributed by atoms with Crippen molar-refractivity contribution >= 4 is 29.1 Å². The molecular weight excluding hydrogens is 287 g/mol. The Bertz CT molecular complexity index is 464. The Morgan fingerprint density at radius 1 is 1.47 bits per heavy atom. The molecule has 0 spiro atoms. The van der Waals surface area contributed by atoms with Crippen LogP contribution in [0.2, 0.25) is 10.0 Å². The van der Waals surface area contributed by atoms with Crippen LogP contribution in [0.1, 0.15) is 12.8 Å². The van der Waals surface area contributed by atoms with Crippen molar-refractivity contribution in [3.8, 4) is 5.75 Å². The lowest BCUT2D eigenvalue weighted by Gasteiger charge is -2.16. The summed E-state index contributed by atoms with van der Waals surface area (Å²) in [6.07, 6.45) is 2.26. The second-order valence-electron chi connectivity index (χ2n) is 4.61. The Hall–Kier alpha value is -0.970. The van der Waals surface area contributed by atoms with Crippen LogP contribution in [0.3, 0.4) is 0 Å². The maximum Gasteiger partial charge on any atom is 0.258 e. The Morgan fingerprint density at radius 3 is 2.84 bits per heavy atom. The lowest BCUT2D eigenvalue weighted by atomic mass is 10.2. The van der Waals surface area contributed by atoms with E-state index >= 15 is 0 Å². The molecule has 1 amide bonds. The van der Waals surface area contributed by atoms with Gasteiger partial charge in [-0.3, -0.25) is 4.79 Å². The summed E-state index contributed by atoms with van der Waals surface area (Å²) >= 11 is 11.8. The summed E-state index contributed by atoms with van der Waals surface area (Å²) in [4.78, 5) is 11.7. The quantitative estimate of drug-likeness (QED) is 0.847. The normalized spacial score (nSPS) is 15.9. The van der Waals surface area contributed by atoms with Crippen molar-refractivity contribution in [2.75, 3.05) is 13.2 Å². The molecule has 104 valence electrons. The van der Waals surface area contributed by atoms with Gasteiger partial charge in [0.25, 0.3) is 5.91 Å². The highest BCUT2D eigenvalue weighted by Crippen LogP contribution is 2.32. The minimum atomic E-state index is -0.196. The van der Waals surface area contributed by atoms with Crippen molar-refractivity contribution in [1.29, 1.82) is 0 Å². The number of hydrogen-bond acceptors (Lipinski definition) is 3. The van der Waals surface area contributed by atoms with Crippen molar-refractivity contribution in [3.63, 3.8) is 0 Å². The zero-order chi connectivity index (χ0) is 13.8. The average molecular weight is 303 g/mol. The van der Waals surface area contributed by atoms with Crippen LogP contribution in [0, 0.1) is 5.92 Å². The molecule has 4 nitrogen and oxygen atoms in total.